The number of hydrogen-bond acceptors (Lipinski definition) is 4. The molecule has 1 aliphatic rings. The van der Waals surface area contributed by atoms with E-state index >= 15 is 4.39 Å². The van der Waals surface area contributed by atoms with Crippen LogP contribution < -0.4 is 5.32 Å². The number of anilines is 1. The molecule has 2 aromatic carbocycles. The van der Waals surface area contributed by atoms with E-state index in [0.717, 1.165) is 31.2 Å². The van der Waals surface area contributed by atoms with Gasteiger partial charge in [0.05, 0.1) is 30.2 Å². The minimum atomic E-state index is -0.311. The van der Waals surface area contributed by atoms with Crippen LogP contribution in [0.2, 0.25) is 0 Å². The Bertz CT molecular complexity index is 907. The maximum atomic E-state index is 15.1. The monoisotopic (exact) mass is 363 g/mol. The van der Waals surface area contributed by atoms with Crippen LogP contribution in [0, 0.1) is 5.82 Å². The van der Waals surface area contributed by atoms with E-state index in [1.165, 1.54) is 0 Å². The summed E-state index contributed by atoms with van der Waals surface area (Å²) in [7, 11) is 0. The van der Waals surface area contributed by atoms with Gasteiger partial charge in [0.1, 0.15) is 11.6 Å². The summed E-state index contributed by atoms with van der Waals surface area (Å²) >= 11 is 0. The molecule has 0 saturated heterocycles. The Kier molecular flexibility index (Phi) is 4.86. The Balaban J connectivity index is 1.61. The maximum Gasteiger partial charge on any atom is 0.145 e. The van der Waals surface area contributed by atoms with Gasteiger partial charge in [0.15, 0.2) is 0 Å². The third kappa shape index (κ3) is 3.55. The van der Waals surface area contributed by atoms with Crippen molar-refractivity contribution < 1.29 is 9.50 Å². The normalized spacial score (nSPS) is 15.6. The van der Waals surface area contributed by atoms with Gasteiger partial charge in [0.2, 0.25) is 0 Å². The fraction of sp³-hybridized carbons (Fsp3) is 0.273. The lowest BCUT2D eigenvalue weighted by Gasteiger charge is -2.28. The van der Waals surface area contributed by atoms with Gasteiger partial charge in [0, 0.05) is 11.1 Å². The van der Waals surface area contributed by atoms with Crippen LogP contribution in [0.4, 0.5) is 10.2 Å². The van der Waals surface area contributed by atoms with Crippen LogP contribution in [0.3, 0.4) is 0 Å². The predicted molar refractivity (Wildman–Crippen MR) is 105 cm³/mol. The largest absolute Gasteiger partial charge is 0.394 e. The molecule has 138 valence electrons. The average molecular weight is 363 g/mol. The second-order valence-electron chi connectivity index (χ2n) is 7.09. The van der Waals surface area contributed by atoms with Crippen LogP contribution in [0.1, 0.15) is 25.7 Å². The second-order valence-corrected chi connectivity index (χ2v) is 7.09. The lowest BCUT2D eigenvalue weighted by atomic mass is 9.99. The van der Waals surface area contributed by atoms with Crippen LogP contribution in [0.25, 0.3) is 22.4 Å². The highest BCUT2D eigenvalue weighted by Crippen LogP contribution is 2.33. The van der Waals surface area contributed by atoms with Gasteiger partial charge >= 0.3 is 0 Å². The summed E-state index contributed by atoms with van der Waals surface area (Å²) in [5.41, 5.74) is 1.97. The molecule has 0 amide bonds. The van der Waals surface area contributed by atoms with Gasteiger partial charge in [-0.1, -0.05) is 55.3 Å². The lowest BCUT2D eigenvalue weighted by molar-refractivity contribution is 0.214. The Morgan fingerprint density at radius 1 is 0.926 bits per heavy atom. The van der Waals surface area contributed by atoms with E-state index in [-0.39, 0.29) is 18.0 Å². The molecule has 0 bridgehead atoms. The van der Waals surface area contributed by atoms with Crippen molar-refractivity contribution in [3.05, 3.63) is 66.7 Å². The predicted octanol–water partition coefficient (Wildman–Crippen LogP) is 4.67. The fourth-order valence-corrected chi connectivity index (χ4v) is 3.75. The van der Waals surface area contributed by atoms with E-state index < -0.39 is 0 Å². The molecule has 5 heteroatoms. The molecule has 0 spiro atoms. The SMILES string of the molecule is OCC1(Nc2cnc(-c3cccc(-c4ccccc4)c3F)cn2)CCCC1. The molecular formula is C22H22FN3O. The van der Waals surface area contributed by atoms with E-state index in [4.69, 9.17) is 0 Å². The summed E-state index contributed by atoms with van der Waals surface area (Å²) in [5.74, 6) is 0.302. The number of aliphatic hydroxyl groups is 1. The molecule has 0 atom stereocenters. The first-order valence-corrected chi connectivity index (χ1v) is 9.26. The van der Waals surface area contributed by atoms with E-state index in [1.807, 2.05) is 36.4 Å². The third-order valence-corrected chi connectivity index (χ3v) is 5.27. The molecule has 0 aliphatic heterocycles. The molecule has 2 N–H and O–H groups in total. The standard InChI is InChI=1S/C22H22FN3O/c23-21-17(16-7-2-1-3-8-16)9-6-10-18(21)19-13-25-20(14-24-19)26-22(15-27)11-4-5-12-22/h1-3,6-10,13-14,27H,4-5,11-12,15H2,(H,25,26). The Morgan fingerprint density at radius 2 is 1.67 bits per heavy atom. The van der Waals surface area contributed by atoms with E-state index in [9.17, 15) is 5.11 Å². The van der Waals surface area contributed by atoms with Crippen LogP contribution in [0.15, 0.2) is 60.9 Å². The molecule has 0 radical (unpaired) electrons. The average Bonchev–Trinajstić information content (AvgIpc) is 3.19. The fourth-order valence-electron chi connectivity index (χ4n) is 3.75. The van der Waals surface area contributed by atoms with Gasteiger partial charge in [-0.3, -0.25) is 4.98 Å². The molecule has 0 unspecified atom stereocenters. The van der Waals surface area contributed by atoms with Crippen molar-refractivity contribution in [2.75, 3.05) is 11.9 Å². The smallest absolute Gasteiger partial charge is 0.145 e. The molecule has 1 saturated carbocycles. The highest BCUT2D eigenvalue weighted by molar-refractivity contribution is 5.72. The summed E-state index contributed by atoms with van der Waals surface area (Å²) in [5, 5.41) is 13.0. The molecule has 3 aromatic rings. The van der Waals surface area contributed by atoms with Crippen molar-refractivity contribution in [3.63, 3.8) is 0 Å². The highest BCUT2D eigenvalue weighted by atomic mass is 19.1. The van der Waals surface area contributed by atoms with Crippen LogP contribution >= 0.6 is 0 Å². The topological polar surface area (TPSA) is 58.0 Å². The van der Waals surface area contributed by atoms with Crippen molar-refractivity contribution in [2.24, 2.45) is 0 Å². The number of nitrogens with zero attached hydrogens (tertiary/aromatic N) is 2. The zero-order valence-electron chi connectivity index (χ0n) is 15.0. The number of halogens is 1. The molecule has 1 heterocycles. The molecule has 4 nitrogen and oxygen atoms in total. The van der Waals surface area contributed by atoms with Crippen LogP contribution in [-0.2, 0) is 0 Å². The lowest BCUT2D eigenvalue weighted by Crippen LogP contribution is -2.39. The number of rotatable bonds is 5. The van der Waals surface area contributed by atoms with E-state index in [0.29, 0.717) is 22.6 Å². The number of aliphatic hydroxyl groups excluding tert-OH is 1. The summed E-state index contributed by atoms with van der Waals surface area (Å²) in [6.07, 6.45) is 7.21. The quantitative estimate of drug-likeness (QED) is 0.692. The summed E-state index contributed by atoms with van der Waals surface area (Å²) in [6.45, 7) is 0.0736. The van der Waals surface area contributed by atoms with Gasteiger partial charge in [-0.2, -0.15) is 0 Å². The van der Waals surface area contributed by atoms with Gasteiger partial charge in [-0.05, 0) is 24.5 Å². The third-order valence-electron chi connectivity index (χ3n) is 5.27. The van der Waals surface area contributed by atoms with Gasteiger partial charge in [0.25, 0.3) is 0 Å². The summed E-state index contributed by atoms with van der Waals surface area (Å²) in [6, 6.07) is 14.8. The Labute approximate surface area is 158 Å². The zero-order valence-corrected chi connectivity index (χ0v) is 15.0. The number of benzene rings is 2. The molecule has 1 fully saturated rings. The number of hydrogen-bond donors (Lipinski definition) is 2. The molecule has 27 heavy (non-hydrogen) atoms. The van der Waals surface area contributed by atoms with Crippen molar-refractivity contribution >= 4 is 5.82 Å². The van der Waals surface area contributed by atoms with Crippen molar-refractivity contribution in [1.29, 1.82) is 0 Å². The first-order valence-electron chi connectivity index (χ1n) is 9.26. The first kappa shape index (κ1) is 17.6. The second kappa shape index (κ2) is 7.45. The minimum Gasteiger partial charge on any atom is -0.394 e. The minimum absolute atomic E-state index is 0.0736. The van der Waals surface area contributed by atoms with Crippen LogP contribution in [-0.4, -0.2) is 27.2 Å². The number of aromatic nitrogens is 2. The van der Waals surface area contributed by atoms with Crippen molar-refractivity contribution in [2.45, 2.75) is 31.2 Å². The van der Waals surface area contributed by atoms with Crippen molar-refractivity contribution in [1.82, 2.24) is 9.97 Å². The Morgan fingerprint density at radius 3 is 2.33 bits per heavy atom. The molecule has 4 rings (SSSR count). The zero-order chi connectivity index (χ0) is 18.7. The molecule has 1 aromatic heterocycles. The van der Waals surface area contributed by atoms with Gasteiger partial charge < -0.3 is 10.4 Å². The highest BCUT2D eigenvalue weighted by Gasteiger charge is 2.33. The summed E-state index contributed by atoms with van der Waals surface area (Å²) < 4.78 is 15.1. The molecular weight excluding hydrogens is 341 g/mol. The summed E-state index contributed by atoms with van der Waals surface area (Å²) in [4.78, 5) is 8.81. The first-order chi connectivity index (χ1) is 13.2. The van der Waals surface area contributed by atoms with Gasteiger partial charge in [-0.15, -0.1) is 0 Å². The van der Waals surface area contributed by atoms with Gasteiger partial charge in [-0.25, -0.2) is 9.37 Å². The Hall–Kier alpha value is -2.79. The van der Waals surface area contributed by atoms with Crippen LogP contribution in [0.5, 0.6) is 0 Å². The van der Waals surface area contributed by atoms with Crippen molar-refractivity contribution in [3.8, 4) is 22.4 Å². The number of nitrogens with one attached hydrogen (secondary N) is 1. The molecule has 1 aliphatic carbocycles. The van der Waals surface area contributed by atoms with E-state index in [1.54, 1.807) is 24.5 Å². The maximum absolute atomic E-state index is 15.1. The van der Waals surface area contributed by atoms with E-state index in [2.05, 4.69) is 15.3 Å².